The average molecular weight is 465 g/mol. The van der Waals surface area contributed by atoms with Gasteiger partial charge in [0, 0.05) is 27.9 Å². The monoisotopic (exact) mass is 464 g/mol. The molecule has 6 nitrogen and oxygen atoms in total. The van der Waals surface area contributed by atoms with Gasteiger partial charge in [0.2, 0.25) is 0 Å². The van der Waals surface area contributed by atoms with E-state index in [2.05, 4.69) is 5.32 Å². The molecule has 174 valence electrons. The zero-order valence-electron chi connectivity index (χ0n) is 19.1. The Labute approximate surface area is 203 Å². The third-order valence-corrected chi connectivity index (χ3v) is 6.17. The first-order valence-corrected chi connectivity index (χ1v) is 11.7. The number of hydrogen-bond acceptors (Lipinski definition) is 5. The predicted molar refractivity (Wildman–Crippen MR) is 134 cm³/mol. The van der Waals surface area contributed by atoms with Gasteiger partial charge in [-0.05, 0) is 61.6 Å². The second kappa shape index (κ2) is 9.89. The van der Waals surface area contributed by atoms with Crippen molar-refractivity contribution in [3.63, 3.8) is 0 Å². The van der Waals surface area contributed by atoms with Crippen LogP contribution in [0.4, 0.5) is 5.69 Å². The van der Waals surface area contributed by atoms with Gasteiger partial charge >= 0.3 is 5.97 Å². The number of rotatable bonds is 6. The molecule has 1 amide bonds. The van der Waals surface area contributed by atoms with E-state index in [1.54, 1.807) is 36.4 Å². The predicted octanol–water partition coefficient (Wildman–Crippen LogP) is 5.14. The Morgan fingerprint density at radius 2 is 1.49 bits per heavy atom. The minimum Gasteiger partial charge on any atom is -0.452 e. The van der Waals surface area contributed by atoms with Gasteiger partial charge in [0.15, 0.2) is 12.4 Å². The van der Waals surface area contributed by atoms with Crippen molar-refractivity contribution < 1.29 is 19.1 Å². The highest BCUT2D eigenvalue weighted by atomic mass is 16.5. The molecule has 0 spiro atoms. The molecule has 0 atom stereocenters. The number of esters is 1. The normalized spacial score (nSPS) is 12.6. The number of aryl methyl sites for hydroxylation is 1. The molecule has 0 saturated heterocycles. The van der Waals surface area contributed by atoms with Gasteiger partial charge in [0.1, 0.15) is 0 Å². The lowest BCUT2D eigenvalue weighted by Gasteiger charge is -2.19. The lowest BCUT2D eigenvalue weighted by molar-refractivity contribution is -0.119. The van der Waals surface area contributed by atoms with E-state index in [9.17, 15) is 14.4 Å². The van der Waals surface area contributed by atoms with Crippen LogP contribution in [0.15, 0.2) is 78.9 Å². The molecule has 0 aliphatic heterocycles. The van der Waals surface area contributed by atoms with Gasteiger partial charge < -0.3 is 10.1 Å². The molecule has 0 fully saturated rings. The molecular formula is C29H24N2O4. The third-order valence-electron chi connectivity index (χ3n) is 6.17. The number of benzene rings is 3. The molecule has 35 heavy (non-hydrogen) atoms. The number of carbonyl (C=O) groups excluding carboxylic acids is 3. The quantitative estimate of drug-likeness (QED) is 0.315. The molecule has 3 aromatic carbocycles. The minimum absolute atomic E-state index is 0.0923. The number of fused-ring (bicyclic) bond motifs is 2. The van der Waals surface area contributed by atoms with Crippen LogP contribution in [-0.4, -0.2) is 29.3 Å². The Balaban J connectivity index is 1.25. The molecular weight excluding hydrogens is 440 g/mol. The number of ketones is 1. The van der Waals surface area contributed by atoms with Gasteiger partial charge in [-0.25, -0.2) is 4.79 Å². The number of aromatic nitrogens is 1. The number of nitrogens with zero attached hydrogens (tertiary/aromatic N) is 1. The van der Waals surface area contributed by atoms with Crippen LogP contribution in [0, 0.1) is 0 Å². The lowest BCUT2D eigenvalue weighted by atomic mass is 9.90. The molecule has 4 aromatic rings. The second-order valence-electron chi connectivity index (χ2n) is 8.53. The highest BCUT2D eigenvalue weighted by Gasteiger charge is 2.24. The molecule has 0 unspecified atom stereocenters. The molecule has 6 heteroatoms. The Kier molecular flexibility index (Phi) is 6.35. The zero-order valence-corrected chi connectivity index (χ0v) is 19.1. The van der Waals surface area contributed by atoms with E-state index in [1.165, 1.54) is 0 Å². The summed E-state index contributed by atoms with van der Waals surface area (Å²) >= 11 is 0. The van der Waals surface area contributed by atoms with E-state index in [1.807, 2.05) is 42.5 Å². The van der Waals surface area contributed by atoms with E-state index >= 15 is 0 Å². The minimum atomic E-state index is -0.513. The van der Waals surface area contributed by atoms with Crippen molar-refractivity contribution in [3.05, 3.63) is 107 Å². The molecule has 0 saturated carbocycles. The van der Waals surface area contributed by atoms with E-state index < -0.39 is 18.5 Å². The fraction of sp³-hybridized carbons (Fsp3) is 0.172. The molecule has 0 radical (unpaired) electrons. The molecule has 1 N–H and O–H groups in total. The fourth-order valence-electron chi connectivity index (χ4n) is 4.47. The van der Waals surface area contributed by atoms with E-state index in [-0.39, 0.29) is 5.78 Å². The smallest absolute Gasteiger partial charge is 0.339 e. The van der Waals surface area contributed by atoms with Crippen LogP contribution in [0.1, 0.15) is 50.4 Å². The molecule has 1 aliphatic carbocycles. The van der Waals surface area contributed by atoms with Crippen LogP contribution >= 0.6 is 0 Å². The second-order valence-corrected chi connectivity index (χ2v) is 8.53. The SMILES string of the molecule is O=C(COC(=O)c1c2c(nc3ccccc13)CCCC2)Nc1ccc(C(=O)c2ccccc2)cc1. The van der Waals surface area contributed by atoms with E-state index in [0.717, 1.165) is 47.8 Å². The summed E-state index contributed by atoms with van der Waals surface area (Å²) in [6, 6.07) is 23.2. The van der Waals surface area contributed by atoms with Crippen LogP contribution in [0.5, 0.6) is 0 Å². The van der Waals surface area contributed by atoms with Gasteiger partial charge in [-0.3, -0.25) is 14.6 Å². The van der Waals surface area contributed by atoms with Crippen molar-refractivity contribution in [3.8, 4) is 0 Å². The largest absolute Gasteiger partial charge is 0.452 e. The van der Waals surface area contributed by atoms with Crippen molar-refractivity contribution in [2.24, 2.45) is 0 Å². The summed E-state index contributed by atoms with van der Waals surface area (Å²) in [6.07, 6.45) is 3.66. The molecule has 5 rings (SSSR count). The van der Waals surface area contributed by atoms with E-state index in [0.29, 0.717) is 22.4 Å². The lowest BCUT2D eigenvalue weighted by Crippen LogP contribution is -2.22. The topological polar surface area (TPSA) is 85.4 Å². The third kappa shape index (κ3) is 4.82. The van der Waals surface area contributed by atoms with Crippen molar-refractivity contribution in [2.75, 3.05) is 11.9 Å². The zero-order chi connectivity index (χ0) is 24.2. The fourth-order valence-corrected chi connectivity index (χ4v) is 4.47. The Morgan fingerprint density at radius 3 is 2.29 bits per heavy atom. The number of anilines is 1. The number of amides is 1. The summed E-state index contributed by atoms with van der Waals surface area (Å²) in [7, 11) is 0. The molecule has 1 aromatic heterocycles. The van der Waals surface area contributed by atoms with Gasteiger partial charge in [0.25, 0.3) is 5.91 Å². The first-order valence-electron chi connectivity index (χ1n) is 11.7. The number of hydrogen-bond donors (Lipinski definition) is 1. The maximum absolute atomic E-state index is 13.1. The average Bonchev–Trinajstić information content (AvgIpc) is 2.91. The molecule has 1 heterocycles. The van der Waals surface area contributed by atoms with Crippen LogP contribution in [0.2, 0.25) is 0 Å². The van der Waals surface area contributed by atoms with Crippen molar-refractivity contribution in [1.29, 1.82) is 0 Å². The highest BCUT2D eigenvalue weighted by Crippen LogP contribution is 2.29. The first-order chi connectivity index (χ1) is 17.1. The maximum atomic E-state index is 13.1. The molecule has 0 bridgehead atoms. The van der Waals surface area contributed by atoms with E-state index in [4.69, 9.17) is 9.72 Å². The van der Waals surface area contributed by atoms with Crippen molar-refractivity contribution in [1.82, 2.24) is 4.98 Å². The maximum Gasteiger partial charge on any atom is 0.339 e. The Morgan fingerprint density at radius 1 is 0.800 bits per heavy atom. The van der Waals surface area contributed by atoms with Gasteiger partial charge in [0.05, 0.1) is 11.1 Å². The van der Waals surface area contributed by atoms with Crippen LogP contribution in [0.3, 0.4) is 0 Å². The summed E-state index contributed by atoms with van der Waals surface area (Å²) in [5.41, 5.74) is 4.78. The number of ether oxygens (including phenoxy) is 1. The Hall–Kier alpha value is -4.32. The number of pyridine rings is 1. The summed E-state index contributed by atoms with van der Waals surface area (Å²) in [6.45, 7) is -0.408. The van der Waals surface area contributed by atoms with Gasteiger partial charge in [-0.1, -0.05) is 48.5 Å². The summed E-state index contributed by atoms with van der Waals surface area (Å²) in [5.74, 6) is -1.06. The van der Waals surface area contributed by atoms with Gasteiger partial charge in [-0.2, -0.15) is 0 Å². The summed E-state index contributed by atoms with van der Waals surface area (Å²) in [5, 5.41) is 3.46. The van der Waals surface area contributed by atoms with Crippen molar-refractivity contribution in [2.45, 2.75) is 25.7 Å². The summed E-state index contributed by atoms with van der Waals surface area (Å²) in [4.78, 5) is 42.8. The van der Waals surface area contributed by atoms with Gasteiger partial charge in [-0.15, -0.1) is 0 Å². The summed E-state index contributed by atoms with van der Waals surface area (Å²) < 4.78 is 5.42. The van der Waals surface area contributed by atoms with Crippen molar-refractivity contribution >= 4 is 34.3 Å². The Bertz CT molecular complexity index is 1410. The van der Waals surface area contributed by atoms with Crippen LogP contribution in [-0.2, 0) is 22.4 Å². The van der Waals surface area contributed by atoms with Crippen LogP contribution in [0.25, 0.3) is 10.9 Å². The molecule has 1 aliphatic rings. The van der Waals surface area contributed by atoms with Crippen LogP contribution < -0.4 is 5.32 Å². The standard InChI is InChI=1S/C29H24N2O4/c32-26(30-21-16-14-20(15-17-21)28(33)19-8-2-1-3-9-19)18-35-29(34)27-22-10-4-6-12-24(22)31-25-13-7-5-11-23(25)27/h1-4,6,8-10,12,14-17H,5,7,11,13,18H2,(H,30,32). The highest BCUT2D eigenvalue weighted by molar-refractivity contribution is 6.09. The number of para-hydroxylation sites is 1. The first kappa shape index (κ1) is 22.5. The number of nitrogens with one attached hydrogen (secondary N) is 1. The number of carbonyl (C=O) groups is 3.